The minimum atomic E-state index is -5.32. The molecule has 0 saturated carbocycles. The van der Waals surface area contributed by atoms with Crippen LogP contribution in [-0.2, 0) is 30.4 Å². The predicted molar refractivity (Wildman–Crippen MR) is 104 cm³/mol. The molecule has 0 aliphatic carbocycles. The van der Waals surface area contributed by atoms with Crippen LogP contribution in [0.15, 0.2) is 67.4 Å². The maximum absolute atomic E-state index is 11.7. The molecule has 0 bridgehead atoms. The van der Waals surface area contributed by atoms with E-state index in [1.807, 2.05) is 0 Å². The molecule has 0 heterocycles. The zero-order valence-electron chi connectivity index (χ0n) is 18.3. The second-order valence-corrected chi connectivity index (χ2v) is 10.3. The van der Waals surface area contributed by atoms with Crippen molar-refractivity contribution in [2.45, 2.75) is 14.7 Å². The molecule has 3 aromatic carbocycles. The van der Waals surface area contributed by atoms with Gasteiger partial charge in [0.1, 0.15) is 31.7 Å². The van der Waals surface area contributed by atoms with E-state index >= 15 is 0 Å². The third-order valence-corrected chi connectivity index (χ3v) is 6.59. The fourth-order valence-electron chi connectivity index (χ4n) is 2.66. The van der Waals surface area contributed by atoms with Gasteiger partial charge in [-0.3, -0.25) is 4.55 Å². The summed E-state index contributed by atoms with van der Waals surface area (Å²) >= 11 is 0. The van der Waals surface area contributed by atoms with Crippen LogP contribution in [0.3, 0.4) is 0 Å². The number of hydrogen-bond donors (Lipinski definition) is 3. The first-order valence-corrected chi connectivity index (χ1v) is 12.3. The largest absolute Gasteiger partial charge is 1.00 e. The molecule has 0 amide bonds. The molecule has 0 aliphatic heterocycles. The van der Waals surface area contributed by atoms with Crippen LogP contribution in [0.25, 0.3) is 10.8 Å². The van der Waals surface area contributed by atoms with E-state index in [0.29, 0.717) is 18.2 Å². The van der Waals surface area contributed by atoms with Gasteiger partial charge in [-0.2, -0.15) is 13.5 Å². The molecule has 0 aliphatic rings. The molecule has 0 aromatic heterocycles. The number of aromatic hydroxyl groups is 2. The van der Waals surface area contributed by atoms with Gasteiger partial charge in [0.15, 0.2) is 5.75 Å². The van der Waals surface area contributed by atoms with Crippen molar-refractivity contribution in [2.24, 2.45) is 10.2 Å². The Balaban J connectivity index is 0.00000385. The van der Waals surface area contributed by atoms with Crippen molar-refractivity contribution in [3.63, 3.8) is 0 Å². The Morgan fingerprint density at radius 3 is 1.71 bits per heavy atom. The average molecular weight is 571 g/mol. The summed E-state index contributed by atoms with van der Waals surface area (Å²) in [6.45, 7) is 0. The number of phenols is 2. The van der Waals surface area contributed by atoms with Gasteiger partial charge in [0.05, 0.1) is 25.8 Å². The van der Waals surface area contributed by atoms with E-state index in [1.54, 1.807) is 0 Å². The first-order valence-electron chi connectivity index (χ1n) is 8.03. The number of benzene rings is 3. The van der Waals surface area contributed by atoms with Gasteiger partial charge in [0.25, 0.3) is 10.1 Å². The van der Waals surface area contributed by atoms with Crippen molar-refractivity contribution in [1.82, 2.24) is 0 Å². The van der Waals surface area contributed by atoms with Gasteiger partial charge in [-0.25, -0.2) is 16.8 Å². The van der Waals surface area contributed by atoms with Gasteiger partial charge in [-0.1, -0.05) is 0 Å². The van der Waals surface area contributed by atoms with Crippen molar-refractivity contribution >= 4 is 52.5 Å². The molecule has 0 saturated heterocycles. The third-order valence-electron chi connectivity index (χ3n) is 4.06. The molecule has 3 N–H and O–H groups in total. The monoisotopic (exact) mass is 571 g/mol. The number of hydrogen-bond acceptors (Lipinski definition) is 12. The van der Waals surface area contributed by atoms with Gasteiger partial charge in [-0.05, 0) is 47.9 Å². The summed E-state index contributed by atoms with van der Waals surface area (Å²) in [6, 6.07) is 5.81. The van der Waals surface area contributed by atoms with E-state index in [1.165, 1.54) is 0 Å². The predicted octanol–water partition coefficient (Wildman–Crippen LogP) is -7.27. The Morgan fingerprint density at radius 2 is 1.26 bits per heavy atom. The molecule has 0 atom stereocenters. The zero-order chi connectivity index (χ0) is 24.1. The zero-order valence-corrected chi connectivity index (χ0v) is 26.7. The Hall–Kier alpha value is -0.150. The van der Waals surface area contributed by atoms with E-state index in [2.05, 4.69) is 10.2 Å². The van der Waals surface area contributed by atoms with Crippen LogP contribution in [-0.4, -0.2) is 49.1 Å². The van der Waals surface area contributed by atoms with E-state index in [-0.39, 0.29) is 94.4 Å². The van der Waals surface area contributed by atoms with Crippen molar-refractivity contribution in [1.29, 1.82) is 0 Å². The molecular formula is C16H10N2Na3O11S3+. The normalized spacial score (nSPS) is 12.0. The molecule has 3 aromatic rings. The molecule has 13 nitrogen and oxygen atoms in total. The first kappa shape index (κ1) is 34.9. The van der Waals surface area contributed by atoms with E-state index in [9.17, 15) is 44.6 Å². The average Bonchev–Trinajstić information content (AvgIpc) is 2.64. The summed E-state index contributed by atoms with van der Waals surface area (Å²) in [5, 5.41) is 26.6. The number of phenolic OH excluding ortho intramolecular Hbond substituents is 2. The molecule has 3 rings (SSSR count). The van der Waals surface area contributed by atoms with Crippen LogP contribution < -0.4 is 88.7 Å². The van der Waals surface area contributed by atoms with Gasteiger partial charge in [0.2, 0.25) is 0 Å². The second-order valence-electron chi connectivity index (χ2n) is 6.19. The van der Waals surface area contributed by atoms with E-state index in [4.69, 9.17) is 4.55 Å². The van der Waals surface area contributed by atoms with Gasteiger partial charge in [-0.15, -0.1) is 5.11 Å². The fraction of sp³-hybridized carbons (Fsp3) is 0. The van der Waals surface area contributed by atoms with Crippen molar-refractivity contribution in [3.05, 3.63) is 42.5 Å². The van der Waals surface area contributed by atoms with Gasteiger partial charge in [0, 0.05) is 0 Å². The van der Waals surface area contributed by atoms with E-state index in [0.717, 1.165) is 24.3 Å². The Labute approximate surface area is 265 Å². The molecule has 19 heteroatoms. The summed E-state index contributed by atoms with van der Waals surface area (Å²) in [5.41, 5.74) is -0.984. The number of azo groups is 1. The van der Waals surface area contributed by atoms with E-state index < -0.39 is 73.0 Å². The fourth-order valence-corrected chi connectivity index (χ4v) is 4.32. The summed E-state index contributed by atoms with van der Waals surface area (Å²) in [4.78, 5) is -2.55. The minimum absolute atomic E-state index is 0. The molecule has 35 heavy (non-hydrogen) atoms. The standard InChI is InChI=1S/C16H12N2O11S3.3Na/c19-12-7-11(31(24,25)26)5-8-6-13(32(27,28)29)15(16(20)14(8)12)18-17-9-1-3-10(4-2-9)30(21,22)23;;;/h1-7,19-20H,(H,21,22,23)(H,24,25,26)(H,27,28,29);;;/q;3*+1/p-2. The summed E-state index contributed by atoms with van der Waals surface area (Å²) in [6.07, 6.45) is 0. The van der Waals surface area contributed by atoms with Crippen LogP contribution in [0.1, 0.15) is 0 Å². The van der Waals surface area contributed by atoms with Crippen LogP contribution in [0.2, 0.25) is 0 Å². The molecule has 0 unspecified atom stereocenters. The van der Waals surface area contributed by atoms with Crippen LogP contribution in [0.4, 0.5) is 11.4 Å². The van der Waals surface area contributed by atoms with Crippen LogP contribution in [0, 0.1) is 0 Å². The maximum atomic E-state index is 11.7. The molecular weight excluding hydrogens is 561 g/mol. The SMILES string of the molecule is O=S(=O)([O-])c1cc(O)c2c(O)c(N=Nc3ccc(S(=O)(=O)O)cc3)c(S(=O)(=O)[O-])cc2c1.[Na+].[Na+].[Na+]. The number of nitrogens with zero attached hydrogens (tertiary/aromatic N) is 2. The molecule has 0 fully saturated rings. The number of fused-ring (bicyclic) bond motifs is 1. The Kier molecular flexibility index (Phi) is 12.5. The summed E-state index contributed by atoms with van der Waals surface area (Å²) in [5.74, 6) is -1.97. The second kappa shape index (κ2) is 12.6. The van der Waals surface area contributed by atoms with Crippen LogP contribution >= 0.6 is 0 Å². The van der Waals surface area contributed by atoms with Crippen molar-refractivity contribution < 1.29 is 138 Å². The van der Waals surface area contributed by atoms with Gasteiger partial charge < -0.3 is 19.3 Å². The molecule has 170 valence electrons. The first-order chi connectivity index (χ1) is 14.6. The number of rotatable bonds is 5. The smallest absolute Gasteiger partial charge is 0.744 e. The maximum Gasteiger partial charge on any atom is 1.00 e. The topological polar surface area (TPSA) is 234 Å². The summed E-state index contributed by atoms with van der Waals surface area (Å²) in [7, 11) is -14.9. The van der Waals surface area contributed by atoms with Gasteiger partial charge >= 0.3 is 88.7 Å². The Morgan fingerprint density at radius 1 is 0.714 bits per heavy atom. The molecule has 0 radical (unpaired) electrons. The third kappa shape index (κ3) is 8.17. The quantitative estimate of drug-likeness (QED) is 0.148. The molecule has 0 spiro atoms. The van der Waals surface area contributed by atoms with Crippen LogP contribution in [0.5, 0.6) is 11.5 Å². The Bertz CT molecular complexity index is 1610. The van der Waals surface area contributed by atoms with Crippen molar-refractivity contribution in [3.8, 4) is 11.5 Å². The minimum Gasteiger partial charge on any atom is -0.744 e. The van der Waals surface area contributed by atoms with Crippen molar-refractivity contribution in [2.75, 3.05) is 0 Å². The summed E-state index contributed by atoms with van der Waals surface area (Å²) < 4.78 is 99.7.